The van der Waals surface area contributed by atoms with Gasteiger partial charge in [0.2, 0.25) is 0 Å². The van der Waals surface area contributed by atoms with Crippen LogP contribution in [0.4, 0.5) is 4.79 Å². The van der Waals surface area contributed by atoms with Crippen molar-refractivity contribution in [1.82, 2.24) is 5.32 Å². The van der Waals surface area contributed by atoms with Crippen molar-refractivity contribution in [3.8, 4) is 0 Å². The predicted molar refractivity (Wildman–Crippen MR) is 51.0 cm³/mol. The van der Waals surface area contributed by atoms with E-state index in [-0.39, 0.29) is 5.57 Å². The Morgan fingerprint density at radius 1 is 1.43 bits per heavy atom. The zero-order chi connectivity index (χ0) is 11.0. The third-order valence-corrected chi connectivity index (χ3v) is 1.61. The second-order valence-corrected chi connectivity index (χ2v) is 2.75. The summed E-state index contributed by atoms with van der Waals surface area (Å²) in [4.78, 5) is 20.9. The zero-order valence-corrected chi connectivity index (χ0v) is 8.21. The molecule has 0 heterocycles. The second kappa shape index (κ2) is 6.94. The van der Waals surface area contributed by atoms with Gasteiger partial charge < -0.3 is 15.2 Å². The molecule has 0 aliphatic carbocycles. The summed E-state index contributed by atoms with van der Waals surface area (Å²) in [6.45, 7) is 3.68. The van der Waals surface area contributed by atoms with E-state index in [9.17, 15) is 9.59 Å². The van der Waals surface area contributed by atoms with Gasteiger partial charge >= 0.3 is 12.1 Å². The molecule has 0 aromatic rings. The fourth-order valence-corrected chi connectivity index (χ4v) is 0.784. The van der Waals surface area contributed by atoms with E-state index >= 15 is 0 Å². The molecule has 80 valence electrons. The Hall–Kier alpha value is -1.52. The molecule has 0 saturated heterocycles. The van der Waals surface area contributed by atoms with Crippen molar-refractivity contribution >= 4 is 12.1 Å². The topological polar surface area (TPSA) is 75.6 Å². The molecule has 14 heavy (non-hydrogen) atoms. The van der Waals surface area contributed by atoms with Crippen molar-refractivity contribution in [3.63, 3.8) is 0 Å². The molecule has 0 fully saturated rings. The van der Waals surface area contributed by atoms with Crippen molar-refractivity contribution < 1.29 is 19.4 Å². The molecule has 0 radical (unpaired) electrons. The number of rotatable bonds is 6. The average Bonchev–Trinajstić information content (AvgIpc) is 2.16. The number of nitrogens with one attached hydrogen (secondary N) is 1. The summed E-state index contributed by atoms with van der Waals surface area (Å²) in [7, 11) is 1.48. The van der Waals surface area contributed by atoms with Gasteiger partial charge in [0.15, 0.2) is 0 Å². The van der Waals surface area contributed by atoms with E-state index < -0.39 is 12.1 Å². The van der Waals surface area contributed by atoms with Crippen LogP contribution in [0.1, 0.15) is 19.3 Å². The Balaban J connectivity index is 3.34. The molecule has 0 aliphatic rings. The van der Waals surface area contributed by atoms with Crippen molar-refractivity contribution in [1.29, 1.82) is 0 Å². The first-order chi connectivity index (χ1) is 6.57. The fourth-order valence-electron chi connectivity index (χ4n) is 0.784. The number of alkyl carbamates (subject to hydrolysis) is 1. The Morgan fingerprint density at radius 3 is 2.57 bits per heavy atom. The van der Waals surface area contributed by atoms with E-state index in [0.717, 1.165) is 0 Å². The van der Waals surface area contributed by atoms with Gasteiger partial charge in [-0.05, 0) is 19.3 Å². The summed E-state index contributed by atoms with van der Waals surface area (Å²) in [6.07, 6.45) is 1.25. The molecule has 0 aliphatic heterocycles. The molecule has 0 aromatic carbocycles. The lowest BCUT2D eigenvalue weighted by Gasteiger charge is -2.03. The number of carboxylic acid groups (broad SMARTS) is 1. The van der Waals surface area contributed by atoms with Crippen LogP contribution >= 0.6 is 0 Å². The van der Waals surface area contributed by atoms with Crippen LogP contribution in [-0.2, 0) is 9.53 Å². The summed E-state index contributed by atoms with van der Waals surface area (Å²) in [5, 5.41) is 10.8. The normalized spacial score (nSPS) is 9.21. The summed E-state index contributed by atoms with van der Waals surface area (Å²) < 4.78 is 4.71. The zero-order valence-electron chi connectivity index (χ0n) is 8.21. The van der Waals surface area contributed by atoms with Crippen LogP contribution < -0.4 is 5.32 Å². The third kappa shape index (κ3) is 6.05. The minimum atomic E-state index is -0.975. The van der Waals surface area contributed by atoms with Crippen LogP contribution in [0, 0.1) is 0 Å². The van der Waals surface area contributed by atoms with Crippen molar-refractivity contribution in [2.75, 3.05) is 13.7 Å². The molecule has 5 nitrogen and oxygen atoms in total. The number of unbranched alkanes of at least 4 members (excludes halogenated alkanes) is 1. The number of carbonyl (C=O) groups excluding carboxylic acids is 1. The van der Waals surface area contributed by atoms with Crippen LogP contribution in [0.3, 0.4) is 0 Å². The molecule has 0 bridgehead atoms. The summed E-state index contributed by atoms with van der Waals surface area (Å²) in [5.74, 6) is -0.975. The van der Waals surface area contributed by atoms with Gasteiger partial charge in [0, 0.05) is 12.6 Å². The third-order valence-electron chi connectivity index (χ3n) is 1.61. The van der Waals surface area contributed by atoms with Gasteiger partial charge in [0.1, 0.15) is 0 Å². The van der Waals surface area contributed by atoms with Gasteiger partial charge in [0.05, 0.1) is 6.61 Å². The monoisotopic (exact) mass is 201 g/mol. The van der Waals surface area contributed by atoms with Crippen molar-refractivity contribution in [3.05, 3.63) is 12.2 Å². The van der Waals surface area contributed by atoms with Crippen molar-refractivity contribution in [2.45, 2.75) is 19.3 Å². The quantitative estimate of drug-likeness (QED) is 0.499. The van der Waals surface area contributed by atoms with Gasteiger partial charge in [0.25, 0.3) is 0 Å². The van der Waals surface area contributed by atoms with Gasteiger partial charge in [-0.15, -0.1) is 0 Å². The Bertz CT molecular complexity index is 225. The molecule has 2 N–H and O–H groups in total. The second-order valence-electron chi connectivity index (χ2n) is 2.75. The highest BCUT2D eigenvalue weighted by molar-refractivity contribution is 5.85. The number of carboxylic acids is 1. The van der Waals surface area contributed by atoms with Gasteiger partial charge in [-0.25, -0.2) is 9.59 Å². The highest BCUT2D eigenvalue weighted by Gasteiger charge is 2.03. The number of hydrogen-bond acceptors (Lipinski definition) is 3. The van der Waals surface area contributed by atoms with E-state index in [1.807, 2.05) is 0 Å². The van der Waals surface area contributed by atoms with Gasteiger partial charge in [-0.2, -0.15) is 0 Å². The maximum absolute atomic E-state index is 10.6. The van der Waals surface area contributed by atoms with Gasteiger partial charge in [-0.1, -0.05) is 6.58 Å². The number of carbonyl (C=O) groups is 2. The highest BCUT2D eigenvalue weighted by atomic mass is 16.5. The van der Waals surface area contributed by atoms with Crippen LogP contribution in [0.25, 0.3) is 0 Å². The molecule has 0 spiro atoms. The molecule has 0 unspecified atom stereocenters. The molecule has 0 aromatic heterocycles. The average molecular weight is 201 g/mol. The fraction of sp³-hybridized carbons (Fsp3) is 0.556. The van der Waals surface area contributed by atoms with Crippen LogP contribution in [0.15, 0.2) is 12.2 Å². The first kappa shape index (κ1) is 12.5. The molecule has 0 rings (SSSR count). The molecule has 1 amide bonds. The lowest BCUT2D eigenvalue weighted by molar-refractivity contribution is -0.132. The van der Waals surface area contributed by atoms with E-state index in [4.69, 9.17) is 9.84 Å². The van der Waals surface area contributed by atoms with E-state index in [1.165, 1.54) is 7.05 Å². The summed E-state index contributed by atoms with van der Waals surface area (Å²) in [6, 6.07) is 0. The Kier molecular flexibility index (Phi) is 6.19. The van der Waals surface area contributed by atoms with Crippen LogP contribution in [0.2, 0.25) is 0 Å². The Labute approximate surface area is 82.7 Å². The predicted octanol–water partition coefficient (Wildman–Crippen LogP) is 1.15. The molecular formula is C9H15NO4. The lowest BCUT2D eigenvalue weighted by atomic mass is 10.1. The van der Waals surface area contributed by atoms with E-state index in [0.29, 0.717) is 25.9 Å². The number of amides is 1. The van der Waals surface area contributed by atoms with Crippen LogP contribution in [-0.4, -0.2) is 30.8 Å². The van der Waals surface area contributed by atoms with Crippen LogP contribution in [0.5, 0.6) is 0 Å². The largest absolute Gasteiger partial charge is 0.478 e. The lowest BCUT2D eigenvalue weighted by Crippen LogP contribution is -2.19. The maximum Gasteiger partial charge on any atom is 0.406 e. The van der Waals surface area contributed by atoms with E-state index in [1.54, 1.807) is 0 Å². The minimum Gasteiger partial charge on any atom is -0.478 e. The first-order valence-electron chi connectivity index (χ1n) is 4.33. The molecule has 0 atom stereocenters. The summed E-state index contributed by atoms with van der Waals surface area (Å²) >= 11 is 0. The SMILES string of the molecule is C=C(CCCCOC(=O)NC)C(=O)O. The highest BCUT2D eigenvalue weighted by Crippen LogP contribution is 2.05. The minimum absolute atomic E-state index is 0.185. The standard InChI is InChI=1S/C9H15NO4/c1-7(8(11)12)5-3-4-6-14-9(13)10-2/h1,3-6H2,2H3,(H,10,13)(H,11,12). The smallest absolute Gasteiger partial charge is 0.406 e. The number of ether oxygens (including phenoxy) is 1. The Morgan fingerprint density at radius 2 is 2.07 bits per heavy atom. The number of hydrogen-bond donors (Lipinski definition) is 2. The molecular weight excluding hydrogens is 186 g/mol. The molecule has 5 heteroatoms. The summed E-state index contributed by atoms with van der Waals surface area (Å²) in [5.41, 5.74) is 0.185. The number of aliphatic carboxylic acids is 1. The van der Waals surface area contributed by atoms with E-state index in [2.05, 4.69) is 11.9 Å². The first-order valence-corrected chi connectivity index (χ1v) is 4.33. The molecule has 0 saturated carbocycles. The van der Waals surface area contributed by atoms with Gasteiger partial charge in [-0.3, -0.25) is 0 Å². The maximum atomic E-state index is 10.6. The van der Waals surface area contributed by atoms with Crippen molar-refractivity contribution in [2.24, 2.45) is 0 Å².